The zero-order valence-electron chi connectivity index (χ0n) is 17.7. The van der Waals surface area contributed by atoms with Crippen LogP contribution < -0.4 is 4.90 Å². The van der Waals surface area contributed by atoms with Crippen molar-refractivity contribution in [2.45, 2.75) is 11.8 Å². The van der Waals surface area contributed by atoms with Gasteiger partial charge in [-0.25, -0.2) is 4.98 Å². The van der Waals surface area contributed by atoms with Crippen LogP contribution in [-0.2, 0) is 21.3 Å². The maximum absolute atomic E-state index is 12.8. The lowest BCUT2D eigenvalue weighted by Gasteiger charge is -2.40. The second-order valence-corrected chi connectivity index (χ2v) is 8.85. The molecule has 3 saturated heterocycles. The lowest BCUT2D eigenvalue weighted by atomic mass is 9.91. The van der Waals surface area contributed by atoms with Crippen molar-refractivity contribution in [3.63, 3.8) is 0 Å². The van der Waals surface area contributed by atoms with E-state index in [4.69, 9.17) is 14.9 Å². The van der Waals surface area contributed by atoms with Crippen LogP contribution in [-0.4, -0.2) is 62.2 Å². The van der Waals surface area contributed by atoms with Gasteiger partial charge >= 0.3 is 6.18 Å². The maximum atomic E-state index is 12.8. The van der Waals surface area contributed by atoms with Crippen LogP contribution >= 0.6 is 0 Å². The second-order valence-electron chi connectivity index (χ2n) is 8.85. The molecule has 5 rings (SSSR count). The Labute approximate surface area is 184 Å². The Morgan fingerprint density at radius 2 is 1.72 bits per heavy atom. The number of likely N-dealkylation sites (tertiary alicyclic amines) is 1. The summed E-state index contributed by atoms with van der Waals surface area (Å²) in [6.07, 6.45) is -3.47. The van der Waals surface area contributed by atoms with Gasteiger partial charge in [0.2, 0.25) is 0 Å². The summed E-state index contributed by atoms with van der Waals surface area (Å²) in [6.45, 7) is 4.08. The molecule has 4 heterocycles. The molecule has 0 amide bonds. The molecule has 1 aromatic heterocycles. The number of pyridine rings is 1. The number of hydrogen-bond donors (Lipinski definition) is 1. The van der Waals surface area contributed by atoms with Gasteiger partial charge in [0.15, 0.2) is 0 Å². The van der Waals surface area contributed by atoms with Gasteiger partial charge in [0.1, 0.15) is 17.3 Å². The van der Waals surface area contributed by atoms with Crippen LogP contribution in [0, 0.1) is 17.2 Å². The number of methoxy groups -OCH3 is 1. The molecule has 0 bridgehead atoms. The lowest BCUT2D eigenvalue weighted by molar-refractivity contribution is -0.202. The van der Waals surface area contributed by atoms with Crippen molar-refractivity contribution in [2.75, 3.05) is 51.4 Å². The third-order valence-corrected chi connectivity index (χ3v) is 6.95. The monoisotopic (exact) mass is 446 g/mol. The summed E-state index contributed by atoms with van der Waals surface area (Å²) >= 11 is 0. The maximum Gasteiger partial charge on any atom is 0.417 e. The van der Waals surface area contributed by atoms with Crippen molar-refractivity contribution in [3.05, 3.63) is 59.3 Å². The number of alkyl halides is 3. The smallest absolute Gasteiger partial charge is 0.375 e. The number of fused-ring (bicyclic) bond motifs is 1. The van der Waals surface area contributed by atoms with Gasteiger partial charge in [0.05, 0.1) is 18.8 Å². The largest absolute Gasteiger partial charge is 0.417 e. The molecule has 0 radical (unpaired) electrons. The van der Waals surface area contributed by atoms with E-state index in [-0.39, 0.29) is 5.60 Å². The van der Waals surface area contributed by atoms with Crippen LogP contribution in [0.1, 0.15) is 16.7 Å². The quantitative estimate of drug-likeness (QED) is 0.577. The van der Waals surface area contributed by atoms with Crippen molar-refractivity contribution >= 4 is 11.7 Å². The van der Waals surface area contributed by atoms with Gasteiger partial charge in [-0.2, -0.15) is 13.2 Å². The topological polar surface area (TPSA) is 61.7 Å². The summed E-state index contributed by atoms with van der Waals surface area (Å²) < 4.78 is 49.3. The molecule has 3 fully saturated rings. The van der Waals surface area contributed by atoms with E-state index in [0.717, 1.165) is 49.6 Å². The van der Waals surface area contributed by atoms with Crippen LogP contribution in [0.4, 0.5) is 19.0 Å². The Morgan fingerprint density at radius 1 is 1.06 bits per heavy atom. The number of benzene rings is 1. The second kappa shape index (κ2) is 7.74. The number of amidine groups is 1. The van der Waals surface area contributed by atoms with Gasteiger partial charge in [0, 0.05) is 56.9 Å². The summed E-state index contributed by atoms with van der Waals surface area (Å²) in [4.78, 5) is 8.18. The minimum atomic E-state index is -4.37. The highest BCUT2D eigenvalue weighted by molar-refractivity contribution is 5.96. The Hall–Kier alpha value is -2.65. The van der Waals surface area contributed by atoms with E-state index in [1.807, 2.05) is 24.3 Å². The Morgan fingerprint density at radius 3 is 2.19 bits per heavy atom. The van der Waals surface area contributed by atoms with Gasteiger partial charge in [-0.1, -0.05) is 24.3 Å². The van der Waals surface area contributed by atoms with Crippen LogP contribution in [0.2, 0.25) is 0 Å². The number of nitrogens with one attached hydrogen (secondary N) is 1. The lowest BCUT2D eigenvalue weighted by Crippen LogP contribution is -2.48. The average molecular weight is 446 g/mol. The number of hydrogen-bond acceptors (Lipinski definition) is 5. The van der Waals surface area contributed by atoms with Gasteiger partial charge < -0.3 is 19.3 Å². The molecule has 2 aromatic rings. The number of ether oxygens (including phenoxy) is 2. The molecule has 0 saturated carbocycles. The third-order valence-electron chi connectivity index (χ3n) is 6.95. The Kier molecular flexibility index (Phi) is 5.13. The van der Waals surface area contributed by atoms with E-state index in [1.165, 1.54) is 6.07 Å². The molecular weight excluding hydrogens is 421 g/mol. The van der Waals surface area contributed by atoms with Crippen LogP contribution in [0.3, 0.4) is 0 Å². The minimum Gasteiger partial charge on any atom is -0.375 e. The number of rotatable bonds is 4. The van der Waals surface area contributed by atoms with E-state index in [0.29, 0.717) is 36.7 Å². The van der Waals surface area contributed by atoms with Crippen molar-refractivity contribution in [3.8, 4) is 0 Å². The van der Waals surface area contributed by atoms with Crippen LogP contribution in [0.15, 0.2) is 42.6 Å². The van der Waals surface area contributed by atoms with Crippen molar-refractivity contribution in [1.82, 2.24) is 9.88 Å². The zero-order valence-corrected chi connectivity index (χ0v) is 17.7. The molecule has 9 heteroatoms. The highest BCUT2D eigenvalue weighted by atomic mass is 19.4. The predicted molar refractivity (Wildman–Crippen MR) is 113 cm³/mol. The van der Waals surface area contributed by atoms with E-state index in [1.54, 1.807) is 7.11 Å². The molecule has 0 spiro atoms. The van der Waals surface area contributed by atoms with Gasteiger partial charge in [-0.15, -0.1) is 0 Å². The number of nitrogens with zero attached hydrogens (tertiary/aromatic N) is 3. The van der Waals surface area contributed by atoms with Gasteiger partial charge in [-0.3, -0.25) is 5.41 Å². The van der Waals surface area contributed by atoms with Crippen LogP contribution in [0.5, 0.6) is 0 Å². The highest BCUT2D eigenvalue weighted by Gasteiger charge is 2.42. The predicted octanol–water partition coefficient (Wildman–Crippen LogP) is 3.37. The van der Waals surface area contributed by atoms with E-state index in [2.05, 4.69) is 14.8 Å². The summed E-state index contributed by atoms with van der Waals surface area (Å²) in [6, 6.07) is 10.5. The molecule has 0 aliphatic carbocycles. The fourth-order valence-corrected chi connectivity index (χ4v) is 4.91. The average Bonchev–Trinajstić information content (AvgIpc) is 3.32. The van der Waals surface area contributed by atoms with E-state index in [9.17, 15) is 13.2 Å². The summed E-state index contributed by atoms with van der Waals surface area (Å²) in [5.74, 6) is 1.81. The fraction of sp³-hybridized carbons (Fsp3) is 0.478. The van der Waals surface area contributed by atoms with Gasteiger partial charge in [-0.05, 0) is 17.7 Å². The Balaban J connectivity index is 1.20. The first-order valence-electron chi connectivity index (χ1n) is 10.6. The van der Waals surface area contributed by atoms with Crippen molar-refractivity contribution in [1.29, 1.82) is 5.41 Å². The number of aromatic nitrogens is 1. The minimum absolute atomic E-state index is 0.364. The van der Waals surface area contributed by atoms with Crippen LogP contribution in [0.25, 0.3) is 0 Å². The zero-order chi connectivity index (χ0) is 22.5. The first-order chi connectivity index (χ1) is 15.3. The molecule has 1 aromatic carbocycles. The molecule has 170 valence electrons. The summed E-state index contributed by atoms with van der Waals surface area (Å²) in [7, 11) is 1.69. The third kappa shape index (κ3) is 3.63. The van der Waals surface area contributed by atoms with Crippen molar-refractivity contribution in [2.24, 2.45) is 11.8 Å². The normalized spacial score (nSPS) is 24.4. The fourth-order valence-electron chi connectivity index (χ4n) is 4.91. The molecular formula is C23H25F3N4O2. The summed E-state index contributed by atoms with van der Waals surface area (Å²) in [5, 5.41) is 8.67. The number of anilines is 1. The van der Waals surface area contributed by atoms with E-state index < -0.39 is 11.7 Å². The summed E-state index contributed by atoms with van der Waals surface area (Å²) in [5.41, 5.74) is 0.816. The molecule has 1 N–H and O–H groups in total. The molecule has 2 unspecified atom stereocenters. The van der Waals surface area contributed by atoms with Gasteiger partial charge in [0.25, 0.3) is 0 Å². The molecule has 6 nitrogen and oxygen atoms in total. The van der Waals surface area contributed by atoms with Crippen molar-refractivity contribution < 1.29 is 22.6 Å². The SMILES string of the molecule is COC1(c2ccc(C(=N)N3CC4CN(c5ccc(C(F)(F)F)cn5)CC4C3)cc2)COC1. The Bertz CT molecular complexity index is 970. The molecule has 3 aliphatic heterocycles. The molecule has 3 aliphatic rings. The van der Waals surface area contributed by atoms with E-state index >= 15 is 0 Å². The highest BCUT2D eigenvalue weighted by Crippen LogP contribution is 2.36. The molecule has 2 atom stereocenters. The first-order valence-corrected chi connectivity index (χ1v) is 10.6. The molecule has 32 heavy (non-hydrogen) atoms. The first kappa shape index (κ1) is 21.2. The standard InChI is InChI=1S/C23H25F3N4O2/c1-31-22(13-32-14-22)18-4-2-15(3-5-18)21(27)30-11-16-9-29(10-17(16)12-30)20-7-6-19(8-28-20)23(24,25)26/h2-8,16-17,27H,9-14H2,1H3. The number of halogens is 3.